The molecule has 0 saturated carbocycles. The van der Waals surface area contributed by atoms with Crippen molar-refractivity contribution in [2.45, 2.75) is 19.5 Å². The lowest BCUT2D eigenvalue weighted by atomic mass is 10.0. The van der Waals surface area contributed by atoms with E-state index < -0.39 is 0 Å². The highest BCUT2D eigenvalue weighted by Crippen LogP contribution is 2.34. The van der Waals surface area contributed by atoms with Crippen molar-refractivity contribution in [1.29, 1.82) is 0 Å². The van der Waals surface area contributed by atoms with Crippen LogP contribution in [0, 0.1) is 0 Å². The van der Waals surface area contributed by atoms with Crippen LogP contribution >= 0.6 is 0 Å². The minimum Gasteiger partial charge on any atom is -0.394 e. The second-order valence-electron chi connectivity index (χ2n) is 7.36. The van der Waals surface area contributed by atoms with E-state index in [4.69, 9.17) is 9.72 Å². The molecule has 1 unspecified atom stereocenters. The van der Waals surface area contributed by atoms with Gasteiger partial charge < -0.3 is 14.7 Å². The molecule has 0 aromatic carbocycles. The standard InChI is InChI=1S/C21H23N7O2/c1-14-13-30-11-9-28(14)19-12-16(17-4-7-27(26-17)8-10-29)15-2-5-22-21(20(15)24-19)18-3-6-23-25-18/h2-7,12,14,29H,8-11,13H2,1H3,(H,23,25). The van der Waals surface area contributed by atoms with Crippen molar-refractivity contribution < 1.29 is 9.84 Å². The van der Waals surface area contributed by atoms with Crippen LogP contribution in [0.5, 0.6) is 0 Å². The Hall–Kier alpha value is -3.30. The van der Waals surface area contributed by atoms with Gasteiger partial charge in [-0.3, -0.25) is 14.8 Å². The van der Waals surface area contributed by atoms with E-state index in [0.29, 0.717) is 19.8 Å². The molecule has 1 aliphatic heterocycles. The maximum absolute atomic E-state index is 9.25. The second kappa shape index (κ2) is 7.85. The molecule has 1 aliphatic rings. The van der Waals surface area contributed by atoms with Crippen molar-refractivity contribution in [3.63, 3.8) is 0 Å². The molecule has 1 fully saturated rings. The topological polar surface area (TPSA) is 105 Å². The van der Waals surface area contributed by atoms with E-state index in [1.807, 2.05) is 24.4 Å². The normalized spacial score (nSPS) is 17.0. The summed E-state index contributed by atoms with van der Waals surface area (Å²) < 4.78 is 7.36. The molecule has 0 radical (unpaired) electrons. The zero-order valence-corrected chi connectivity index (χ0v) is 16.7. The molecule has 5 rings (SSSR count). The van der Waals surface area contributed by atoms with Gasteiger partial charge in [-0.25, -0.2) is 4.98 Å². The zero-order chi connectivity index (χ0) is 20.5. The first-order valence-electron chi connectivity index (χ1n) is 10.0. The number of rotatable bonds is 5. The number of ether oxygens (including phenoxy) is 1. The largest absolute Gasteiger partial charge is 0.394 e. The first-order chi connectivity index (χ1) is 14.7. The minimum absolute atomic E-state index is 0.0443. The van der Waals surface area contributed by atoms with Crippen molar-refractivity contribution in [3.05, 3.63) is 42.9 Å². The van der Waals surface area contributed by atoms with E-state index in [-0.39, 0.29) is 12.6 Å². The monoisotopic (exact) mass is 405 g/mol. The number of morpholine rings is 1. The molecule has 1 atom stereocenters. The van der Waals surface area contributed by atoms with Gasteiger partial charge in [-0.2, -0.15) is 10.2 Å². The van der Waals surface area contributed by atoms with E-state index in [2.05, 4.69) is 38.2 Å². The van der Waals surface area contributed by atoms with Crippen molar-refractivity contribution in [3.8, 4) is 22.6 Å². The summed E-state index contributed by atoms with van der Waals surface area (Å²) in [4.78, 5) is 11.9. The molecular weight excluding hydrogens is 382 g/mol. The fourth-order valence-electron chi connectivity index (χ4n) is 3.88. The van der Waals surface area contributed by atoms with Crippen LogP contribution < -0.4 is 4.90 Å². The third-order valence-corrected chi connectivity index (χ3v) is 5.38. The fourth-order valence-corrected chi connectivity index (χ4v) is 3.88. The van der Waals surface area contributed by atoms with Crippen molar-refractivity contribution in [2.24, 2.45) is 0 Å². The number of hydrogen-bond acceptors (Lipinski definition) is 7. The molecule has 0 aliphatic carbocycles. The SMILES string of the molecule is CC1COCCN1c1cc(-c2ccn(CCO)n2)c2ccnc(-c3ccn[nH]3)c2n1. The van der Waals surface area contributed by atoms with Crippen LogP contribution in [0.2, 0.25) is 0 Å². The van der Waals surface area contributed by atoms with Crippen molar-refractivity contribution in [2.75, 3.05) is 31.3 Å². The Morgan fingerprint density at radius 2 is 2.20 bits per heavy atom. The Morgan fingerprint density at radius 1 is 1.27 bits per heavy atom. The van der Waals surface area contributed by atoms with Gasteiger partial charge in [0.25, 0.3) is 0 Å². The number of hydrogen-bond donors (Lipinski definition) is 2. The first-order valence-corrected chi connectivity index (χ1v) is 10.0. The van der Waals surface area contributed by atoms with Gasteiger partial charge in [0.1, 0.15) is 17.0 Å². The van der Waals surface area contributed by atoms with Crippen LogP contribution in [-0.4, -0.2) is 67.5 Å². The summed E-state index contributed by atoms with van der Waals surface area (Å²) in [5.41, 5.74) is 4.18. The summed E-state index contributed by atoms with van der Waals surface area (Å²) in [6, 6.07) is 8.13. The predicted molar refractivity (Wildman–Crippen MR) is 113 cm³/mol. The lowest BCUT2D eigenvalue weighted by molar-refractivity contribution is 0.0986. The highest BCUT2D eigenvalue weighted by Gasteiger charge is 2.23. The third-order valence-electron chi connectivity index (χ3n) is 5.38. The maximum Gasteiger partial charge on any atom is 0.130 e. The summed E-state index contributed by atoms with van der Waals surface area (Å²) in [6.07, 6.45) is 5.37. The molecule has 4 aromatic heterocycles. The number of pyridine rings is 2. The molecule has 0 bridgehead atoms. The van der Waals surface area contributed by atoms with Crippen molar-refractivity contribution in [1.82, 2.24) is 29.9 Å². The van der Waals surface area contributed by atoms with Gasteiger partial charge in [-0.15, -0.1) is 0 Å². The van der Waals surface area contributed by atoms with Gasteiger partial charge in [-0.05, 0) is 31.2 Å². The second-order valence-corrected chi connectivity index (χ2v) is 7.36. The number of anilines is 1. The number of H-pyrrole nitrogens is 1. The summed E-state index contributed by atoms with van der Waals surface area (Å²) in [6.45, 7) is 4.75. The van der Waals surface area contributed by atoms with Gasteiger partial charge in [0.15, 0.2) is 0 Å². The molecule has 4 aromatic rings. The van der Waals surface area contributed by atoms with Crippen LogP contribution in [0.4, 0.5) is 5.82 Å². The molecule has 5 heterocycles. The average molecular weight is 405 g/mol. The fraction of sp³-hybridized carbons (Fsp3) is 0.333. The van der Waals surface area contributed by atoms with Crippen molar-refractivity contribution >= 4 is 16.7 Å². The molecule has 9 heteroatoms. The molecule has 9 nitrogen and oxygen atoms in total. The molecule has 30 heavy (non-hydrogen) atoms. The van der Waals surface area contributed by atoms with E-state index in [9.17, 15) is 5.11 Å². The van der Waals surface area contributed by atoms with E-state index in [1.165, 1.54) is 0 Å². The Balaban J connectivity index is 1.73. The Kier molecular flexibility index (Phi) is 4.89. The molecule has 1 saturated heterocycles. The number of aromatic amines is 1. The minimum atomic E-state index is 0.0443. The third kappa shape index (κ3) is 3.31. The molecule has 2 N–H and O–H groups in total. The lowest BCUT2D eigenvalue weighted by Gasteiger charge is -2.34. The number of fused-ring (bicyclic) bond motifs is 1. The quantitative estimate of drug-likeness (QED) is 0.524. The van der Waals surface area contributed by atoms with Crippen LogP contribution in [0.3, 0.4) is 0 Å². The average Bonchev–Trinajstić information content (AvgIpc) is 3.46. The Labute approximate surface area is 173 Å². The first kappa shape index (κ1) is 18.7. The van der Waals surface area contributed by atoms with Crippen LogP contribution in [0.25, 0.3) is 33.5 Å². The smallest absolute Gasteiger partial charge is 0.130 e. The predicted octanol–water partition coefficient (Wildman–Crippen LogP) is 2.10. The molecule has 154 valence electrons. The van der Waals surface area contributed by atoms with Gasteiger partial charge in [0.05, 0.1) is 43.8 Å². The lowest BCUT2D eigenvalue weighted by Crippen LogP contribution is -2.44. The van der Waals surface area contributed by atoms with Crippen LogP contribution in [-0.2, 0) is 11.3 Å². The summed E-state index contributed by atoms with van der Waals surface area (Å²) >= 11 is 0. The Morgan fingerprint density at radius 3 is 3.00 bits per heavy atom. The molecular formula is C21H23N7O2. The molecule has 0 amide bonds. The summed E-state index contributed by atoms with van der Waals surface area (Å²) in [5.74, 6) is 0.874. The highest BCUT2D eigenvalue weighted by molar-refractivity contribution is 6.00. The van der Waals surface area contributed by atoms with Gasteiger partial charge >= 0.3 is 0 Å². The van der Waals surface area contributed by atoms with Crippen LogP contribution in [0.15, 0.2) is 42.9 Å². The number of nitrogens with zero attached hydrogens (tertiary/aromatic N) is 6. The van der Waals surface area contributed by atoms with E-state index in [1.54, 1.807) is 17.1 Å². The number of aliphatic hydroxyl groups excluding tert-OH is 1. The molecule has 0 spiro atoms. The Bertz CT molecular complexity index is 1160. The van der Waals surface area contributed by atoms with Gasteiger partial charge in [-0.1, -0.05) is 0 Å². The highest BCUT2D eigenvalue weighted by atomic mass is 16.5. The summed E-state index contributed by atoms with van der Waals surface area (Å²) in [5, 5.41) is 22.0. The summed E-state index contributed by atoms with van der Waals surface area (Å²) in [7, 11) is 0. The number of nitrogens with one attached hydrogen (secondary N) is 1. The van der Waals surface area contributed by atoms with Gasteiger partial charge in [0, 0.05) is 36.1 Å². The number of aromatic nitrogens is 6. The number of aliphatic hydroxyl groups is 1. The van der Waals surface area contributed by atoms with Gasteiger partial charge in [0.2, 0.25) is 0 Å². The van der Waals surface area contributed by atoms with E-state index in [0.717, 1.165) is 45.9 Å². The maximum atomic E-state index is 9.25. The van der Waals surface area contributed by atoms with E-state index >= 15 is 0 Å². The zero-order valence-electron chi connectivity index (χ0n) is 16.7. The van der Waals surface area contributed by atoms with Crippen LogP contribution in [0.1, 0.15) is 6.92 Å².